The Bertz CT molecular complexity index is 2790. The van der Waals surface area contributed by atoms with Crippen LogP contribution in [0.4, 0.5) is 8.78 Å². The number of benzene rings is 3. The topological polar surface area (TPSA) is 343 Å². The molecule has 0 unspecified atom stereocenters. The van der Waals surface area contributed by atoms with Gasteiger partial charge in [0.05, 0.1) is 12.4 Å². The zero-order valence-corrected chi connectivity index (χ0v) is 44.3. The number of rotatable bonds is 30. The normalized spacial score (nSPS) is 14.4. The summed E-state index contributed by atoms with van der Waals surface area (Å²) in [7, 11) is 0. The summed E-state index contributed by atoms with van der Waals surface area (Å²) in [6.45, 7) is 3.56. The highest BCUT2D eigenvalue weighted by molar-refractivity contribution is 7.80. The molecular weight excluding hydrogens is 1040 g/mol. The van der Waals surface area contributed by atoms with Gasteiger partial charge in [-0.2, -0.15) is 25.3 Å². The van der Waals surface area contributed by atoms with Gasteiger partial charge in [-0.15, -0.1) is 0 Å². The molecule has 0 aliphatic carbocycles. The van der Waals surface area contributed by atoms with Gasteiger partial charge in [-0.1, -0.05) is 56.3 Å². The minimum Gasteiger partial charge on any atom is -0.368 e. The molecule has 25 heteroatoms. The number of thiol groups is 2. The maximum Gasteiger partial charge on any atom is 0.244 e. The molecule has 8 amide bonds. The fraction of sp³-hybridized carbons (Fsp3) is 0.404. The van der Waals surface area contributed by atoms with Crippen molar-refractivity contribution < 1.29 is 47.1 Å². The van der Waals surface area contributed by atoms with Gasteiger partial charge in [0.15, 0.2) is 0 Å². The number of H-pyrrole nitrogens is 2. The Morgan fingerprint density at radius 2 is 1.09 bits per heavy atom. The van der Waals surface area contributed by atoms with Crippen molar-refractivity contribution in [3.05, 3.63) is 126 Å². The lowest BCUT2D eigenvalue weighted by molar-refractivity contribution is -0.136. The summed E-state index contributed by atoms with van der Waals surface area (Å²) in [6, 6.07) is 7.62. The fourth-order valence-electron chi connectivity index (χ4n) is 8.17. The number of para-hydroxylation sites is 1. The Morgan fingerprint density at radius 1 is 0.584 bits per heavy atom. The van der Waals surface area contributed by atoms with Gasteiger partial charge in [0.2, 0.25) is 47.3 Å². The van der Waals surface area contributed by atoms with Crippen molar-refractivity contribution in [1.82, 2.24) is 52.2 Å². The first-order chi connectivity index (χ1) is 36.8. The third-order valence-electron chi connectivity index (χ3n) is 12.5. The number of carbonyl (C=O) groups is 8. The van der Waals surface area contributed by atoms with Crippen molar-refractivity contribution in [2.24, 2.45) is 23.1 Å². The van der Waals surface area contributed by atoms with E-state index in [1.165, 1.54) is 61.1 Å². The standard InChI is InChI=1S/C52H67F2N13O8S2/c1-28(2)44(52(75)66-43(26-77)50(73)62-39(45(57)68)20-30-12-16-33(54)17-13-30)67-47(70)38(9-5-6-18-55)61-48(71)40(21-31-23-59-37-8-4-3-7-35(31)37)63-49(72)41(22-34-24-58-27-60-34)64-51(74)42(25-76)65-46(69)36(56)19-29-10-14-32(53)15-11-29/h3-4,7-8,10-17,23-24,27-28,36,38-44,59,76-77H,5-6,9,18-22,25-26,55-56H2,1-2H3,(H2,57,68)(H,58,60)(H,61,71)(H,62,73)(H,63,72)(H,64,74)(H,65,69)(H,66,75)(H,67,70)/t36-,38-,39-,40+,41-,42+,43-,44-/m0/s1. The summed E-state index contributed by atoms with van der Waals surface area (Å²) in [4.78, 5) is 120. The number of nitrogens with zero attached hydrogens (tertiary/aromatic N) is 1. The second-order valence-corrected chi connectivity index (χ2v) is 19.5. The van der Waals surface area contributed by atoms with Crippen LogP contribution in [0, 0.1) is 17.6 Å². The molecule has 2 aromatic heterocycles. The van der Waals surface area contributed by atoms with E-state index < -0.39 is 113 Å². The van der Waals surface area contributed by atoms with Crippen molar-refractivity contribution >= 4 is 83.4 Å². The number of nitrogens with one attached hydrogen (secondary N) is 9. The van der Waals surface area contributed by atoms with Crippen LogP contribution in [0.2, 0.25) is 0 Å². The highest BCUT2D eigenvalue weighted by Crippen LogP contribution is 2.20. The number of imidazole rings is 1. The lowest BCUT2D eigenvalue weighted by Gasteiger charge is -2.29. The van der Waals surface area contributed by atoms with Crippen LogP contribution in [-0.2, 0) is 64.0 Å². The number of aromatic nitrogens is 3. The van der Waals surface area contributed by atoms with E-state index >= 15 is 0 Å². The molecule has 3 aromatic carbocycles. The molecule has 0 aliphatic rings. The van der Waals surface area contributed by atoms with Crippen molar-refractivity contribution in [3.8, 4) is 0 Å². The number of hydrogen-bond donors (Lipinski definition) is 14. The molecule has 414 valence electrons. The molecule has 0 fully saturated rings. The van der Waals surface area contributed by atoms with Crippen LogP contribution < -0.4 is 54.4 Å². The number of fused-ring (bicyclic) bond motifs is 1. The molecule has 2 heterocycles. The van der Waals surface area contributed by atoms with Crippen LogP contribution in [0.1, 0.15) is 55.5 Å². The molecule has 0 saturated heterocycles. The van der Waals surface area contributed by atoms with Crippen LogP contribution >= 0.6 is 25.3 Å². The first-order valence-electron chi connectivity index (χ1n) is 24.9. The summed E-state index contributed by atoms with van der Waals surface area (Å²) >= 11 is 8.53. The van der Waals surface area contributed by atoms with Crippen LogP contribution in [0.3, 0.4) is 0 Å². The van der Waals surface area contributed by atoms with Crippen LogP contribution in [0.15, 0.2) is 91.5 Å². The smallest absolute Gasteiger partial charge is 0.244 e. The largest absolute Gasteiger partial charge is 0.368 e. The predicted octanol–water partition coefficient (Wildman–Crippen LogP) is 0.291. The minimum absolute atomic E-state index is 0.0296. The van der Waals surface area contributed by atoms with Gasteiger partial charge in [-0.3, -0.25) is 38.4 Å². The van der Waals surface area contributed by atoms with Crippen molar-refractivity contribution in [2.45, 2.75) is 107 Å². The third-order valence-corrected chi connectivity index (χ3v) is 13.3. The van der Waals surface area contributed by atoms with E-state index in [1.807, 2.05) is 18.2 Å². The van der Waals surface area contributed by atoms with E-state index in [0.29, 0.717) is 35.2 Å². The van der Waals surface area contributed by atoms with E-state index in [4.69, 9.17) is 17.2 Å². The van der Waals surface area contributed by atoms with Gasteiger partial charge in [0.1, 0.15) is 53.9 Å². The van der Waals surface area contributed by atoms with Crippen LogP contribution in [0.5, 0.6) is 0 Å². The Balaban J connectivity index is 1.35. The number of aromatic amines is 2. The summed E-state index contributed by atoms with van der Waals surface area (Å²) in [5.74, 6) is -8.37. The Hall–Kier alpha value is -7.35. The lowest BCUT2D eigenvalue weighted by Crippen LogP contribution is -2.61. The van der Waals surface area contributed by atoms with Crippen molar-refractivity contribution in [2.75, 3.05) is 18.1 Å². The highest BCUT2D eigenvalue weighted by Gasteiger charge is 2.35. The van der Waals surface area contributed by atoms with E-state index in [0.717, 1.165) is 10.9 Å². The molecule has 0 bridgehead atoms. The van der Waals surface area contributed by atoms with Crippen LogP contribution in [0.25, 0.3) is 10.9 Å². The Morgan fingerprint density at radius 3 is 1.64 bits per heavy atom. The maximum absolute atomic E-state index is 14.7. The molecule has 0 spiro atoms. The number of nitrogens with two attached hydrogens (primary N) is 3. The van der Waals surface area contributed by atoms with Crippen molar-refractivity contribution in [3.63, 3.8) is 0 Å². The molecule has 0 aliphatic heterocycles. The average molecular weight is 1100 g/mol. The predicted molar refractivity (Wildman–Crippen MR) is 291 cm³/mol. The molecular formula is C52H67F2N13O8S2. The molecule has 77 heavy (non-hydrogen) atoms. The molecule has 15 N–H and O–H groups in total. The number of hydrogen-bond acceptors (Lipinski definition) is 13. The van der Waals surface area contributed by atoms with Crippen LogP contribution in [-0.4, -0.2) is 129 Å². The van der Waals surface area contributed by atoms with E-state index in [2.05, 4.69) is 77.4 Å². The second-order valence-electron chi connectivity index (χ2n) is 18.8. The van der Waals surface area contributed by atoms with E-state index in [-0.39, 0.29) is 50.2 Å². The molecule has 21 nitrogen and oxygen atoms in total. The lowest BCUT2D eigenvalue weighted by atomic mass is 10.00. The molecule has 0 radical (unpaired) electrons. The minimum atomic E-state index is -1.40. The monoisotopic (exact) mass is 1100 g/mol. The van der Waals surface area contributed by atoms with Gasteiger partial charge >= 0.3 is 0 Å². The van der Waals surface area contributed by atoms with Gasteiger partial charge in [-0.25, -0.2) is 13.8 Å². The van der Waals surface area contributed by atoms with Crippen molar-refractivity contribution in [1.29, 1.82) is 0 Å². The van der Waals surface area contributed by atoms with Gasteiger partial charge in [0.25, 0.3) is 0 Å². The first-order valence-corrected chi connectivity index (χ1v) is 26.2. The zero-order valence-electron chi connectivity index (χ0n) is 42.5. The molecule has 8 atom stereocenters. The number of amides is 8. The SMILES string of the molecule is CC(C)[C@H](NC(=O)[C@H](CCCCN)NC(=O)[C@@H](Cc1c[nH]c2ccccc12)NC(=O)[C@H](Cc1cnc[nH]1)NC(=O)[C@@H](CS)NC(=O)[C@@H](N)Cc1ccc(F)cc1)C(=O)N[C@@H](CS)C(=O)N[C@@H](Cc1ccc(F)cc1)C(N)=O. The summed E-state index contributed by atoms with van der Waals surface area (Å²) in [6.07, 6.45) is 5.03. The molecule has 5 aromatic rings. The number of halogens is 2. The maximum atomic E-state index is 14.7. The number of unbranched alkanes of at least 4 members (excludes halogenated alkanes) is 1. The third kappa shape index (κ3) is 18.4. The van der Waals surface area contributed by atoms with E-state index in [9.17, 15) is 47.1 Å². The quantitative estimate of drug-likeness (QED) is 0.0219. The second kappa shape index (κ2) is 29.8. The summed E-state index contributed by atoms with van der Waals surface area (Å²) < 4.78 is 27.0. The summed E-state index contributed by atoms with van der Waals surface area (Å²) in [5, 5.41) is 19.3. The van der Waals surface area contributed by atoms with Gasteiger partial charge in [-0.05, 0) is 85.2 Å². The zero-order chi connectivity index (χ0) is 56.2. The molecule has 5 rings (SSSR count). The number of carbonyl (C=O) groups excluding carboxylic acids is 8. The summed E-state index contributed by atoms with van der Waals surface area (Å²) in [5.41, 5.74) is 20.4. The first kappa shape index (κ1) is 60.5. The fourth-order valence-corrected chi connectivity index (χ4v) is 8.68. The Kier molecular flexibility index (Phi) is 23.4. The molecule has 0 saturated carbocycles. The van der Waals surface area contributed by atoms with E-state index in [1.54, 1.807) is 26.1 Å². The average Bonchev–Trinajstić information content (AvgIpc) is 4.09. The van der Waals surface area contributed by atoms with Gasteiger partial charge in [0, 0.05) is 59.8 Å². The highest BCUT2D eigenvalue weighted by atomic mass is 32.1. The Labute approximate surface area is 454 Å². The van der Waals surface area contributed by atoms with Gasteiger partial charge < -0.3 is 64.4 Å². The number of primary amides is 1.